The maximum Gasteiger partial charge on any atom is 0.145 e. The van der Waals surface area contributed by atoms with Crippen LogP contribution in [0.2, 0.25) is 0 Å². The van der Waals surface area contributed by atoms with E-state index in [9.17, 15) is 0 Å². The molecule has 2 N–H and O–H groups in total. The maximum absolute atomic E-state index is 5.81. The summed E-state index contributed by atoms with van der Waals surface area (Å²) in [5.74, 6) is 1.06. The van der Waals surface area contributed by atoms with Gasteiger partial charge in [-0.05, 0) is 47.4 Å². The molecule has 1 aromatic rings. The quantitative estimate of drug-likeness (QED) is 0.837. The zero-order valence-electron chi connectivity index (χ0n) is 9.49. The van der Waals surface area contributed by atoms with Crippen molar-refractivity contribution in [1.82, 2.24) is 9.97 Å². The van der Waals surface area contributed by atoms with E-state index in [0.29, 0.717) is 5.41 Å². The van der Waals surface area contributed by atoms with Crippen molar-refractivity contribution in [1.29, 1.82) is 0 Å². The zero-order valence-corrected chi connectivity index (χ0v) is 11.6. The summed E-state index contributed by atoms with van der Waals surface area (Å²) in [6, 6.07) is 0. The van der Waals surface area contributed by atoms with Crippen molar-refractivity contribution in [2.75, 3.05) is 24.5 Å². The number of nitrogens with zero attached hydrogens (tertiary/aromatic N) is 3. The second-order valence-corrected chi connectivity index (χ2v) is 5.86. The molecular weight excluding hydrogens is 315 g/mol. The lowest BCUT2D eigenvalue weighted by Gasteiger charge is -2.39. The van der Waals surface area contributed by atoms with E-state index in [4.69, 9.17) is 5.73 Å². The van der Waals surface area contributed by atoms with E-state index in [-0.39, 0.29) is 0 Å². The molecule has 0 bridgehead atoms. The molecule has 4 nitrogen and oxygen atoms in total. The molecule has 0 amide bonds. The fraction of sp³-hybridized carbons (Fsp3) is 0.636. The first-order valence-corrected chi connectivity index (χ1v) is 6.63. The second-order valence-electron chi connectivity index (χ2n) is 4.70. The number of nitrogens with two attached hydrogens (primary N) is 1. The Bertz CT molecular complexity index is 361. The first-order chi connectivity index (χ1) is 7.64. The van der Waals surface area contributed by atoms with E-state index >= 15 is 0 Å². The topological polar surface area (TPSA) is 55.0 Å². The Morgan fingerprint density at radius 2 is 2.19 bits per heavy atom. The van der Waals surface area contributed by atoms with Crippen LogP contribution in [0, 0.1) is 8.99 Å². The highest BCUT2D eigenvalue weighted by molar-refractivity contribution is 14.1. The number of rotatable bonds is 2. The molecule has 16 heavy (non-hydrogen) atoms. The highest BCUT2D eigenvalue weighted by atomic mass is 127. The molecule has 0 unspecified atom stereocenters. The van der Waals surface area contributed by atoms with E-state index in [1.165, 1.54) is 0 Å². The molecule has 1 aliphatic heterocycles. The minimum absolute atomic E-state index is 0.314. The predicted octanol–water partition coefficient (Wildman–Crippen LogP) is 1.65. The third kappa shape index (κ3) is 2.45. The molecule has 0 spiro atoms. The molecule has 88 valence electrons. The molecule has 1 fully saturated rings. The van der Waals surface area contributed by atoms with Gasteiger partial charge >= 0.3 is 0 Å². The molecule has 2 rings (SSSR count). The maximum atomic E-state index is 5.81. The summed E-state index contributed by atoms with van der Waals surface area (Å²) in [6.07, 6.45) is 5.76. The number of anilines is 1. The van der Waals surface area contributed by atoms with Crippen molar-refractivity contribution in [2.24, 2.45) is 11.1 Å². The monoisotopic (exact) mass is 332 g/mol. The van der Waals surface area contributed by atoms with Crippen molar-refractivity contribution in [2.45, 2.75) is 19.8 Å². The van der Waals surface area contributed by atoms with Gasteiger partial charge in [0.05, 0.1) is 3.57 Å². The highest BCUT2D eigenvalue weighted by Gasteiger charge is 2.29. The van der Waals surface area contributed by atoms with Crippen LogP contribution < -0.4 is 10.6 Å². The van der Waals surface area contributed by atoms with Crippen LogP contribution in [0.3, 0.4) is 0 Å². The molecule has 1 aromatic heterocycles. The fourth-order valence-corrected chi connectivity index (χ4v) is 2.64. The lowest BCUT2D eigenvalue weighted by Crippen LogP contribution is -2.42. The molecular formula is C11H17IN4. The van der Waals surface area contributed by atoms with E-state index in [2.05, 4.69) is 44.4 Å². The average Bonchev–Trinajstić information content (AvgIpc) is 2.31. The normalized spacial score (nSPS) is 19.8. The van der Waals surface area contributed by atoms with Crippen LogP contribution in [0.1, 0.15) is 19.8 Å². The lowest BCUT2D eigenvalue weighted by molar-refractivity contribution is 0.258. The summed E-state index contributed by atoms with van der Waals surface area (Å²) in [4.78, 5) is 10.7. The first kappa shape index (κ1) is 12.0. The Kier molecular flexibility index (Phi) is 3.63. The van der Waals surface area contributed by atoms with Crippen molar-refractivity contribution < 1.29 is 0 Å². The van der Waals surface area contributed by atoms with E-state index in [0.717, 1.165) is 41.9 Å². The van der Waals surface area contributed by atoms with Gasteiger partial charge < -0.3 is 10.6 Å². The predicted molar refractivity (Wildman–Crippen MR) is 73.4 cm³/mol. The second kappa shape index (κ2) is 4.83. The van der Waals surface area contributed by atoms with Crippen LogP contribution in [-0.4, -0.2) is 29.6 Å². The number of hydrogen-bond acceptors (Lipinski definition) is 4. The van der Waals surface area contributed by atoms with Gasteiger partial charge in [0.2, 0.25) is 0 Å². The van der Waals surface area contributed by atoms with Gasteiger partial charge in [-0.1, -0.05) is 6.92 Å². The van der Waals surface area contributed by atoms with Gasteiger partial charge in [-0.2, -0.15) is 0 Å². The van der Waals surface area contributed by atoms with E-state index < -0.39 is 0 Å². The Balaban J connectivity index is 2.07. The van der Waals surface area contributed by atoms with Crippen LogP contribution in [0.15, 0.2) is 12.5 Å². The SMILES string of the molecule is CC1(CN)CCN(c2ncncc2I)CC1. The largest absolute Gasteiger partial charge is 0.356 e. The molecule has 0 saturated carbocycles. The fourth-order valence-electron chi connectivity index (χ4n) is 2.00. The molecule has 1 saturated heterocycles. The first-order valence-electron chi connectivity index (χ1n) is 5.55. The van der Waals surface area contributed by atoms with Crippen LogP contribution in [-0.2, 0) is 0 Å². The molecule has 1 aliphatic rings. The zero-order chi connectivity index (χ0) is 11.6. The van der Waals surface area contributed by atoms with Gasteiger partial charge in [-0.25, -0.2) is 9.97 Å². The standard InChI is InChI=1S/C11H17IN4/c1-11(7-13)2-4-16(5-3-11)10-9(12)6-14-8-15-10/h6,8H,2-5,7,13H2,1H3. The minimum Gasteiger partial charge on any atom is -0.356 e. The van der Waals surface area contributed by atoms with Crippen molar-refractivity contribution in [3.63, 3.8) is 0 Å². The summed E-state index contributed by atoms with van der Waals surface area (Å²) in [7, 11) is 0. The van der Waals surface area contributed by atoms with Crippen LogP contribution in [0.4, 0.5) is 5.82 Å². The Labute approximate surface area is 110 Å². The van der Waals surface area contributed by atoms with Crippen LogP contribution in [0.25, 0.3) is 0 Å². The average molecular weight is 332 g/mol. The number of piperidine rings is 1. The van der Waals surface area contributed by atoms with Crippen LogP contribution in [0.5, 0.6) is 0 Å². The van der Waals surface area contributed by atoms with Gasteiger partial charge in [0.25, 0.3) is 0 Å². The van der Waals surface area contributed by atoms with Gasteiger partial charge in [0.15, 0.2) is 0 Å². The summed E-state index contributed by atoms with van der Waals surface area (Å²) >= 11 is 2.29. The van der Waals surface area contributed by atoms with Crippen molar-refractivity contribution >= 4 is 28.4 Å². The molecule has 5 heteroatoms. The smallest absolute Gasteiger partial charge is 0.145 e. The molecule has 0 aromatic carbocycles. The number of halogens is 1. The highest BCUT2D eigenvalue weighted by Crippen LogP contribution is 2.32. The molecule has 0 atom stereocenters. The van der Waals surface area contributed by atoms with Crippen LogP contribution >= 0.6 is 22.6 Å². The number of aromatic nitrogens is 2. The van der Waals surface area contributed by atoms with Gasteiger partial charge in [0.1, 0.15) is 12.1 Å². The number of hydrogen-bond donors (Lipinski definition) is 1. The summed E-state index contributed by atoms with van der Waals surface area (Å²) in [6.45, 7) is 5.14. The van der Waals surface area contributed by atoms with Crippen molar-refractivity contribution in [3.8, 4) is 0 Å². The van der Waals surface area contributed by atoms with Crippen molar-refractivity contribution in [3.05, 3.63) is 16.1 Å². The third-order valence-corrected chi connectivity index (χ3v) is 4.17. The lowest BCUT2D eigenvalue weighted by atomic mass is 9.80. The minimum atomic E-state index is 0.314. The molecule has 0 radical (unpaired) electrons. The van der Waals surface area contributed by atoms with Gasteiger partial charge in [0, 0.05) is 19.3 Å². The summed E-state index contributed by atoms with van der Waals surface area (Å²) in [5, 5.41) is 0. The van der Waals surface area contributed by atoms with E-state index in [1.54, 1.807) is 6.33 Å². The van der Waals surface area contributed by atoms with E-state index in [1.807, 2.05) is 6.20 Å². The third-order valence-electron chi connectivity index (χ3n) is 3.41. The Hall–Kier alpha value is -0.430. The Morgan fingerprint density at radius 1 is 1.50 bits per heavy atom. The van der Waals surface area contributed by atoms with Gasteiger partial charge in [-0.3, -0.25) is 0 Å². The molecule has 0 aliphatic carbocycles. The summed E-state index contributed by atoms with van der Waals surface area (Å²) in [5.41, 5.74) is 6.12. The Morgan fingerprint density at radius 3 is 2.75 bits per heavy atom. The summed E-state index contributed by atoms with van der Waals surface area (Å²) < 4.78 is 1.12. The van der Waals surface area contributed by atoms with Gasteiger partial charge in [-0.15, -0.1) is 0 Å². The molecule has 2 heterocycles.